The van der Waals surface area contributed by atoms with Crippen LogP contribution in [0.1, 0.15) is 25.0 Å². The van der Waals surface area contributed by atoms with Gasteiger partial charge in [0.25, 0.3) is 0 Å². The van der Waals surface area contributed by atoms with Crippen LogP contribution in [0.15, 0.2) is 28.7 Å². The summed E-state index contributed by atoms with van der Waals surface area (Å²) in [7, 11) is 0. The van der Waals surface area contributed by atoms with Crippen molar-refractivity contribution in [2.24, 2.45) is 5.92 Å². The molecule has 3 nitrogen and oxygen atoms in total. The Kier molecular flexibility index (Phi) is 6.73. The molecule has 2 atom stereocenters. The smallest absolute Gasteiger partial charge is 0.0914 e. The van der Waals surface area contributed by atoms with Crippen LogP contribution in [-0.2, 0) is 0 Å². The number of hydrogen-bond acceptors (Lipinski definition) is 3. The van der Waals surface area contributed by atoms with Gasteiger partial charge in [0, 0.05) is 17.6 Å². The minimum Gasteiger partial charge on any atom is -0.396 e. The zero-order valence-corrected chi connectivity index (χ0v) is 11.7. The molecule has 0 fully saturated rings. The molecular weight excluding hydrogens is 282 g/mol. The standard InChI is InChI=1S/C13H20BrNO2/c1-10(5-6-16)8-15-9-13(17)11-3-2-4-12(14)7-11/h2-4,7,10,13,15-17H,5-6,8-9H2,1H3. The Hall–Kier alpha value is -0.420. The van der Waals surface area contributed by atoms with Gasteiger partial charge in [-0.05, 0) is 36.6 Å². The van der Waals surface area contributed by atoms with Gasteiger partial charge < -0.3 is 15.5 Å². The van der Waals surface area contributed by atoms with Crippen molar-refractivity contribution in [2.75, 3.05) is 19.7 Å². The zero-order valence-electron chi connectivity index (χ0n) is 10.1. The molecule has 0 aliphatic heterocycles. The third-order valence-corrected chi connectivity index (χ3v) is 3.18. The van der Waals surface area contributed by atoms with E-state index in [1.54, 1.807) is 0 Å². The van der Waals surface area contributed by atoms with E-state index in [9.17, 15) is 5.11 Å². The molecule has 0 saturated carbocycles. The van der Waals surface area contributed by atoms with Crippen LogP contribution in [0.4, 0.5) is 0 Å². The quantitative estimate of drug-likeness (QED) is 0.723. The van der Waals surface area contributed by atoms with Crippen LogP contribution in [0.5, 0.6) is 0 Å². The molecule has 1 aromatic carbocycles. The Morgan fingerprint density at radius 1 is 1.35 bits per heavy atom. The Labute approximate surface area is 111 Å². The van der Waals surface area contributed by atoms with Crippen molar-refractivity contribution in [3.63, 3.8) is 0 Å². The van der Waals surface area contributed by atoms with Crippen molar-refractivity contribution < 1.29 is 10.2 Å². The van der Waals surface area contributed by atoms with Crippen LogP contribution < -0.4 is 5.32 Å². The van der Waals surface area contributed by atoms with Gasteiger partial charge in [0.05, 0.1) is 6.10 Å². The Balaban J connectivity index is 2.32. The molecule has 0 heterocycles. The lowest BCUT2D eigenvalue weighted by molar-refractivity contribution is 0.171. The zero-order chi connectivity index (χ0) is 12.7. The molecule has 0 aromatic heterocycles. The second-order valence-corrected chi connectivity index (χ2v) is 5.26. The molecule has 2 unspecified atom stereocenters. The van der Waals surface area contributed by atoms with Crippen molar-refractivity contribution >= 4 is 15.9 Å². The lowest BCUT2D eigenvalue weighted by Gasteiger charge is -2.15. The lowest BCUT2D eigenvalue weighted by Crippen LogP contribution is -2.26. The van der Waals surface area contributed by atoms with Crippen LogP contribution in [0.25, 0.3) is 0 Å². The monoisotopic (exact) mass is 301 g/mol. The van der Waals surface area contributed by atoms with E-state index in [-0.39, 0.29) is 6.61 Å². The number of aliphatic hydroxyl groups is 2. The van der Waals surface area contributed by atoms with E-state index < -0.39 is 6.10 Å². The molecule has 96 valence electrons. The molecule has 0 aliphatic carbocycles. The molecule has 1 aromatic rings. The van der Waals surface area contributed by atoms with Gasteiger partial charge in [-0.15, -0.1) is 0 Å². The van der Waals surface area contributed by atoms with Crippen LogP contribution in [0.2, 0.25) is 0 Å². The summed E-state index contributed by atoms with van der Waals surface area (Å²) in [6, 6.07) is 7.68. The van der Waals surface area contributed by atoms with Crippen LogP contribution in [0, 0.1) is 5.92 Å². The third kappa shape index (κ3) is 5.64. The maximum Gasteiger partial charge on any atom is 0.0914 e. The fraction of sp³-hybridized carbons (Fsp3) is 0.538. The first-order valence-electron chi connectivity index (χ1n) is 5.88. The molecule has 17 heavy (non-hydrogen) atoms. The molecule has 0 amide bonds. The summed E-state index contributed by atoms with van der Waals surface area (Å²) in [4.78, 5) is 0. The molecule has 0 bridgehead atoms. The van der Waals surface area contributed by atoms with Gasteiger partial charge in [-0.2, -0.15) is 0 Å². The Morgan fingerprint density at radius 3 is 2.76 bits per heavy atom. The molecular formula is C13H20BrNO2. The highest BCUT2D eigenvalue weighted by atomic mass is 79.9. The van der Waals surface area contributed by atoms with Crippen molar-refractivity contribution in [3.05, 3.63) is 34.3 Å². The van der Waals surface area contributed by atoms with E-state index in [1.165, 1.54) is 0 Å². The van der Waals surface area contributed by atoms with Gasteiger partial charge in [-0.1, -0.05) is 35.0 Å². The van der Waals surface area contributed by atoms with E-state index in [4.69, 9.17) is 5.11 Å². The number of benzene rings is 1. The number of rotatable bonds is 7. The highest BCUT2D eigenvalue weighted by Gasteiger charge is 2.08. The predicted octanol–water partition coefficient (Wildman–Crippen LogP) is 2.09. The van der Waals surface area contributed by atoms with Crippen molar-refractivity contribution in [1.82, 2.24) is 5.32 Å². The highest BCUT2D eigenvalue weighted by molar-refractivity contribution is 9.10. The first-order chi connectivity index (χ1) is 8.13. The summed E-state index contributed by atoms with van der Waals surface area (Å²) in [5, 5.41) is 21.9. The summed E-state index contributed by atoms with van der Waals surface area (Å²) in [6.07, 6.45) is 0.300. The van der Waals surface area contributed by atoms with Gasteiger partial charge in [0.15, 0.2) is 0 Å². The predicted molar refractivity (Wildman–Crippen MR) is 72.8 cm³/mol. The lowest BCUT2D eigenvalue weighted by atomic mass is 10.1. The summed E-state index contributed by atoms with van der Waals surface area (Å²) in [6.45, 7) is 3.64. The van der Waals surface area contributed by atoms with Crippen LogP contribution in [-0.4, -0.2) is 29.9 Å². The second kappa shape index (κ2) is 7.82. The van der Waals surface area contributed by atoms with Crippen LogP contribution in [0.3, 0.4) is 0 Å². The fourth-order valence-corrected chi connectivity index (χ4v) is 2.04. The maximum absolute atomic E-state index is 9.96. The van der Waals surface area contributed by atoms with E-state index in [2.05, 4.69) is 28.2 Å². The number of hydrogen-bond donors (Lipinski definition) is 3. The molecule has 3 N–H and O–H groups in total. The number of halogens is 1. The summed E-state index contributed by atoms with van der Waals surface area (Å²) in [5.74, 6) is 0.426. The minimum atomic E-state index is -0.492. The van der Waals surface area contributed by atoms with Crippen molar-refractivity contribution in [3.8, 4) is 0 Å². The second-order valence-electron chi connectivity index (χ2n) is 4.35. The van der Waals surface area contributed by atoms with Gasteiger partial charge in [0.2, 0.25) is 0 Å². The first kappa shape index (κ1) is 14.6. The van der Waals surface area contributed by atoms with Gasteiger partial charge in [-0.3, -0.25) is 0 Å². The summed E-state index contributed by atoms with van der Waals surface area (Å²) >= 11 is 3.38. The summed E-state index contributed by atoms with van der Waals surface area (Å²) in [5.41, 5.74) is 0.904. The summed E-state index contributed by atoms with van der Waals surface area (Å²) < 4.78 is 0.975. The largest absolute Gasteiger partial charge is 0.396 e. The van der Waals surface area contributed by atoms with Gasteiger partial charge in [-0.25, -0.2) is 0 Å². The molecule has 0 spiro atoms. The van der Waals surface area contributed by atoms with Crippen molar-refractivity contribution in [2.45, 2.75) is 19.4 Å². The maximum atomic E-state index is 9.96. The topological polar surface area (TPSA) is 52.5 Å². The molecule has 0 saturated heterocycles. The number of aliphatic hydroxyl groups excluding tert-OH is 2. The number of nitrogens with one attached hydrogen (secondary N) is 1. The van der Waals surface area contributed by atoms with Gasteiger partial charge in [0.1, 0.15) is 0 Å². The highest BCUT2D eigenvalue weighted by Crippen LogP contribution is 2.17. The van der Waals surface area contributed by atoms with Gasteiger partial charge >= 0.3 is 0 Å². The molecule has 0 radical (unpaired) electrons. The van der Waals surface area contributed by atoms with Crippen molar-refractivity contribution in [1.29, 1.82) is 0 Å². The molecule has 0 aliphatic rings. The Morgan fingerprint density at radius 2 is 2.12 bits per heavy atom. The molecule has 4 heteroatoms. The van der Waals surface area contributed by atoms with E-state index in [0.717, 1.165) is 23.0 Å². The van der Waals surface area contributed by atoms with E-state index >= 15 is 0 Å². The van der Waals surface area contributed by atoms with Crippen LogP contribution >= 0.6 is 15.9 Å². The third-order valence-electron chi connectivity index (χ3n) is 2.69. The van der Waals surface area contributed by atoms with E-state index in [0.29, 0.717) is 12.5 Å². The Bertz CT molecular complexity index is 333. The average molecular weight is 302 g/mol. The fourth-order valence-electron chi connectivity index (χ4n) is 1.62. The molecule has 1 rings (SSSR count). The average Bonchev–Trinajstić information content (AvgIpc) is 2.29. The SMILES string of the molecule is CC(CCO)CNCC(O)c1cccc(Br)c1. The first-order valence-corrected chi connectivity index (χ1v) is 6.68. The minimum absolute atomic E-state index is 0.219. The van der Waals surface area contributed by atoms with E-state index in [1.807, 2.05) is 24.3 Å². The normalized spacial score (nSPS) is 14.6.